The number of fused-ring (bicyclic) bond motifs is 3. The molecule has 2 aliphatic heterocycles. The fraction of sp³-hybridized carbons (Fsp3) is 0.462. The first-order valence-corrected chi connectivity index (χ1v) is 5.97. The van der Waals surface area contributed by atoms with Gasteiger partial charge in [0.25, 0.3) is 0 Å². The van der Waals surface area contributed by atoms with Crippen LogP contribution in [0.2, 0.25) is 0 Å². The Morgan fingerprint density at radius 3 is 3.00 bits per heavy atom. The van der Waals surface area contributed by atoms with Crippen LogP contribution in [-0.2, 0) is 11.2 Å². The number of aliphatic carboxylic acids is 1. The van der Waals surface area contributed by atoms with Gasteiger partial charge in [0.2, 0.25) is 0 Å². The first-order chi connectivity index (χ1) is 8.18. The van der Waals surface area contributed by atoms with Crippen molar-refractivity contribution in [2.75, 3.05) is 4.90 Å². The predicted molar refractivity (Wildman–Crippen MR) is 61.6 cm³/mol. The molecule has 1 saturated heterocycles. The minimum Gasteiger partial charge on any atom is -0.480 e. The Morgan fingerprint density at radius 1 is 1.41 bits per heavy atom. The monoisotopic (exact) mass is 235 g/mol. The minimum atomic E-state index is -0.799. The van der Waals surface area contributed by atoms with E-state index in [1.165, 1.54) is 6.07 Å². The summed E-state index contributed by atoms with van der Waals surface area (Å²) in [7, 11) is 0. The molecule has 0 aromatic heterocycles. The molecule has 3 rings (SSSR count). The number of nitrogens with zero attached hydrogens (tertiary/aromatic N) is 1. The second kappa shape index (κ2) is 3.72. The van der Waals surface area contributed by atoms with Gasteiger partial charge in [-0.2, -0.15) is 0 Å². The van der Waals surface area contributed by atoms with Crippen molar-refractivity contribution < 1.29 is 14.3 Å². The van der Waals surface area contributed by atoms with Gasteiger partial charge in [-0.05, 0) is 37.8 Å². The Labute approximate surface area is 98.9 Å². The zero-order chi connectivity index (χ0) is 12.0. The van der Waals surface area contributed by atoms with Crippen molar-refractivity contribution in [3.05, 3.63) is 29.6 Å². The van der Waals surface area contributed by atoms with Gasteiger partial charge in [0.1, 0.15) is 11.9 Å². The summed E-state index contributed by atoms with van der Waals surface area (Å²) in [6.07, 6.45) is 3.17. The number of anilines is 1. The van der Waals surface area contributed by atoms with E-state index in [2.05, 4.69) is 0 Å². The highest BCUT2D eigenvalue weighted by Crippen LogP contribution is 2.40. The van der Waals surface area contributed by atoms with E-state index in [4.69, 9.17) is 0 Å². The number of hydrogen-bond acceptors (Lipinski definition) is 2. The molecule has 1 aromatic carbocycles. The van der Waals surface area contributed by atoms with Crippen LogP contribution in [0.25, 0.3) is 0 Å². The summed E-state index contributed by atoms with van der Waals surface area (Å²) >= 11 is 0. The molecule has 2 heterocycles. The molecule has 0 radical (unpaired) electrons. The van der Waals surface area contributed by atoms with E-state index in [0.717, 1.165) is 18.5 Å². The van der Waals surface area contributed by atoms with Crippen LogP contribution in [0, 0.1) is 5.82 Å². The van der Waals surface area contributed by atoms with Crippen molar-refractivity contribution in [3.63, 3.8) is 0 Å². The normalized spacial score (nSPS) is 26.5. The van der Waals surface area contributed by atoms with Crippen LogP contribution in [0.15, 0.2) is 18.2 Å². The fourth-order valence-corrected chi connectivity index (χ4v) is 3.11. The van der Waals surface area contributed by atoms with Gasteiger partial charge in [-0.15, -0.1) is 0 Å². The van der Waals surface area contributed by atoms with Crippen LogP contribution >= 0.6 is 0 Å². The van der Waals surface area contributed by atoms with Crippen LogP contribution in [0.1, 0.15) is 24.8 Å². The Bertz CT molecular complexity index is 474. The van der Waals surface area contributed by atoms with E-state index in [-0.39, 0.29) is 11.9 Å². The molecule has 90 valence electrons. The van der Waals surface area contributed by atoms with Gasteiger partial charge < -0.3 is 10.0 Å². The average Bonchev–Trinajstić information content (AvgIpc) is 2.69. The molecule has 3 nitrogen and oxygen atoms in total. The first-order valence-electron chi connectivity index (χ1n) is 5.97. The van der Waals surface area contributed by atoms with Gasteiger partial charge in [-0.1, -0.05) is 6.07 Å². The number of carboxylic acid groups (broad SMARTS) is 1. The number of carbonyl (C=O) groups is 1. The molecule has 0 amide bonds. The summed E-state index contributed by atoms with van der Waals surface area (Å²) in [5.74, 6) is -1.01. The Balaban J connectivity index is 2.06. The van der Waals surface area contributed by atoms with Crippen LogP contribution in [0.5, 0.6) is 0 Å². The molecule has 1 fully saturated rings. The smallest absolute Gasteiger partial charge is 0.326 e. The fourth-order valence-electron chi connectivity index (χ4n) is 3.11. The maximum atomic E-state index is 13.7. The third kappa shape index (κ3) is 1.51. The molecule has 0 saturated carbocycles. The van der Waals surface area contributed by atoms with E-state index in [9.17, 15) is 14.3 Å². The number of piperidine rings is 1. The van der Waals surface area contributed by atoms with E-state index >= 15 is 0 Å². The molecular weight excluding hydrogens is 221 g/mol. The second-order valence-corrected chi connectivity index (χ2v) is 4.79. The summed E-state index contributed by atoms with van der Waals surface area (Å²) in [6, 6.07) is 4.62. The maximum absolute atomic E-state index is 13.7. The van der Waals surface area contributed by atoms with Gasteiger partial charge >= 0.3 is 5.97 Å². The highest BCUT2D eigenvalue weighted by Gasteiger charge is 2.41. The van der Waals surface area contributed by atoms with Crippen molar-refractivity contribution in [1.82, 2.24) is 0 Å². The second-order valence-electron chi connectivity index (χ2n) is 4.79. The lowest BCUT2D eigenvalue weighted by molar-refractivity contribution is -0.139. The number of hydrogen-bond donors (Lipinski definition) is 1. The molecule has 17 heavy (non-hydrogen) atoms. The number of carboxylic acids is 1. The van der Waals surface area contributed by atoms with Crippen molar-refractivity contribution >= 4 is 11.7 Å². The SMILES string of the molecule is O=C(O)C1CCCC2Cc3c(F)cccc3N21. The minimum absolute atomic E-state index is 0.164. The lowest BCUT2D eigenvalue weighted by Gasteiger charge is -2.37. The Hall–Kier alpha value is -1.58. The lowest BCUT2D eigenvalue weighted by atomic mass is 9.96. The highest BCUT2D eigenvalue weighted by atomic mass is 19.1. The molecule has 4 heteroatoms. The molecule has 2 atom stereocenters. The van der Waals surface area contributed by atoms with Crippen molar-refractivity contribution in [1.29, 1.82) is 0 Å². The summed E-state index contributed by atoms with van der Waals surface area (Å²) in [5.41, 5.74) is 1.47. The van der Waals surface area contributed by atoms with Crippen molar-refractivity contribution in [3.8, 4) is 0 Å². The summed E-state index contributed by atoms with van der Waals surface area (Å²) in [4.78, 5) is 13.2. The van der Waals surface area contributed by atoms with Crippen LogP contribution in [0.4, 0.5) is 10.1 Å². The van der Waals surface area contributed by atoms with Crippen LogP contribution < -0.4 is 4.90 Å². The number of rotatable bonds is 1. The Morgan fingerprint density at radius 2 is 2.24 bits per heavy atom. The summed E-state index contributed by atoms with van der Waals surface area (Å²) in [5, 5.41) is 9.24. The van der Waals surface area contributed by atoms with Gasteiger partial charge in [0, 0.05) is 17.3 Å². The topological polar surface area (TPSA) is 40.5 Å². The standard InChI is InChI=1S/C13H14FNO2/c14-10-4-2-5-11-9(10)7-8-3-1-6-12(13(16)17)15(8)11/h2,4-5,8,12H,1,3,6-7H2,(H,16,17). The third-order valence-corrected chi connectivity index (χ3v) is 3.84. The molecule has 0 spiro atoms. The van der Waals surface area contributed by atoms with Crippen LogP contribution in [0.3, 0.4) is 0 Å². The highest BCUT2D eigenvalue weighted by molar-refractivity contribution is 5.80. The average molecular weight is 235 g/mol. The van der Waals surface area contributed by atoms with Crippen molar-refractivity contribution in [2.24, 2.45) is 0 Å². The molecule has 1 aromatic rings. The predicted octanol–water partition coefficient (Wildman–Crippen LogP) is 2.19. The molecule has 1 N–H and O–H groups in total. The maximum Gasteiger partial charge on any atom is 0.326 e. The number of halogens is 1. The molecule has 2 aliphatic rings. The third-order valence-electron chi connectivity index (χ3n) is 3.84. The zero-order valence-corrected chi connectivity index (χ0v) is 9.40. The van der Waals surface area contributed by atoms with E-state index in [1.54, 1.807) is 6.07 Å². The first kappa shape index (κ1) is 10.6. The van der Waals surface area contributed by atoms with Gasteiger partial charge in [-0.3, -0.25) is 0 Å². The largest absolute Gasteiger partial charge is 0.480 e. The van der Waals surface area contributed by atoms with Crippen molar-refractivity contribution in [2.45, 2.75) is 37.8 Å². The lowest BCUT2D eigenvalue weighted by Crippen LogP contribution is -2.48. The molecule has 0 bridgehead atoms. The van der Waals surface area contributed by atoms with Gasteiger partial charge in [0.05, 0.1) is 0 Å². The zero-order valence-electron chi connectivity index (χ0n) is 9.40. The van der Waals surface area contributed by atoms with Gasteiger partial charge in [0.15, 0.2) is 0 Å². The number of benzene rings is 1. The Kier molecular flexibility index (Phi) is 2.31. The molecule has 2 unspecified atom stereocenters. The van der Waals surface area contributed by atoms with Crippen LogP contribution in [-0.4, -0.2) is 23.2 Å². The summed E-state index contributed by atoms with van der Waals surface area (Å²) in [6.45, 7) is 0. The summed E-state index contributed by atoms with van der Waals surface area (Å²) < 4.78 is 13.7. The van der Waals surface area contributed by atoms with E-state index in [0.29, 0.717) is 18.4 Å². The molecular formula is C13H14FNO2. The van der Waals surface area contributed by atoms with E-state index < -0.39 is 12.0 Å². The molecule has 0 aliphatic carbocycles. The van der Waals surface area contributed by atoms with Gasteiger partial charge in [-0.25, -0.2) is 9.18 Å². The quantitative estimate of drug-likeness (QED) is 0.811. The van der Waals surface area contributed by atoms with E-state index in [1.807, 2.05) is 11.0 Å².